The van der Waals surface area contributed by atoms with Crippen LogP contribution in [0.3, 0.4) is 0 Å². The molecule has 0 saturated carbocycles. The Morgan fingerprint density at radius 1 is 1.61 bits per heavy atom. The van der Waals surface area contributed by atoms with Crippen LogP contribution in [0, 0.1) is 0 Å². The van der Waals surface area contributed by atoms with Crippen LogP contribution in [-0.2, 0) is 9.47 Å². The van der Waals surface area contributed by atoms with Crippen LogP contribution in [-0.4, -0.2) is 36.3 Å². The third-order valence-electron chi connectivity index (χ3n) is 3.37. The highest BCUT2D eigenvalue weighted by Crippen LogP contribution is 2.37. The number of aromatic nitrogens is 1. The summed E-state index contributed by atoms with van der Waals surface area (Å²) >= 11 is 7.13. The minimum atomic E-state index is -0.449. The monoisotopic (exact) mass is 288 g/mol. The number of halogens is 1. The molecule has 2 bridgehead atoms. The first kappa shape index (κ1) is 12.2. The van der Waals surface area contributed by atoms with Crippen molar-refractivity contribution in [2.45, 2.75) is 37.5 Å². The number of thiazole rings is 1. The summed E-state index contributed by atoms with van der Waals surface area (Å²) in [6, 6.07) is 0.275. The predicted octanol–water partition coefficient (Wildman–Crippen LogP) is 2.31. The van der Waals surface area contributed by atoms with Crippen LogP contribution in [0.4, 0.5) is 5.13 Å². The summed E-state index contributed by atoms with van der Waals surface area (Å²) in [5.74, 6) is -0.449. The van der Waals surface area contributed by atoms with E-state index in [9.17, 15) is 4.79 Å². The van der Waals surface area contributed by atoms with Crippen molar-refractivity contribution in [1.82, 2.24) is 4.98 Å². The number of methoxy groups -OCH3 is 1. The Labute approximate surface area is 113 Å². The third-order valence-corrected chi connectivity index (χ3v) is 4.72. The number of esters is 1. The highest BCUT2D eigenvalue weighted by atomic mass is 35.5. The maximum absolute atomic E-state index is 11.4. The van der Waals surface area contributed by atoms with Gasteiger partial charge in [-0.15, -0.1) is 0 Å². The fourth-order valence-electron chi connectivity index (χ4n) is 2.53. The van der Waals surface area contributed by atoms with Gasteiger partial charge in [-0.05, 0) is 19.3 Å². The van der Waals surface area contributed by atoms with E-state index < -0.39 is 5.97 Å². The van der Waals surface area contributed by atoms with Crippen LogP contribution in [0.15, 0.2) is 0 Å². The zero-order valence-corrected chi connectivity index (χ0v) is 11.4. The Bertz CT molecular complexity index is 479. The topological polar surface area (TPSA) is 60.5 Å². The van der Waals surface area contributed by atoms with Gasteiger partial charge in [-0.25, -0.2) is 9.78 Å². The molecule has 2 aliphatic heterocycles. The van der Waals surface area contributed by atoms with Crippen molar-refractivity contribution in [2.24, 2.45) is 0 Å². The number of rotatable bonds is 3. The van der Waals surface area contributed by atoms with Gasteiger partial charge < -0.3 is 14.8 Å². The predicted molar refractivity (Wildman–Crippen MR) is 68.4 cm³/mol. The zero-order valence-electron chi connectivity index (χ0n) is 9.81. The van der Waals surface area contributed by atoms with Crippen molar-refractivity contribution >= 4 is 34.0 Å². The first-order valence-electron chi connectivity index (χ1n) is 5.84. The average molecular weight is 289 g/mol. The van der Waals surface area contributed by atoms with Gasteiger partial charge in [0.25, 0.3) is 0 Å². The number of hydrogen-bond acceptors (Lipinski definition) is 6. The molecule has 3 heterocycles. The normalized spacial score (nSPS) is 29.6. The maximum Gasteiger partial charge on any atom is 0.351 e. The number of carbonyl (C=O) groups is 1. The molecule has 18 heavy (non-hydrogen) atoms. The van der Waals surface area contributed by atoms with E-state index >= 15 is 0 Å². The number of ether oxygens (including phenoxy) is 2. The van der Waals surface area contributed by atoms with Crippen molar-refractivity contribution in [3.05, 3.63) is 10.0 Å². The first-order valence-corrected chi connectivity index (χ1v) is 7.03. The second-order valence-electron chi connectivity index (χ2n) is 4.49. The van der Waals surface area contributed by atoms with Crippen molar-refractivity contribution in [3.63, 3.8) is 0 Å². The molecular weight excluding hydrogens is 276 g/mol. The molecule has 3 unspecified atom stereocenters. The Morgan fingerprint density at radius 2 is 2.44 bits per heavy atom. The average Bonchev–Trinajstić information content (AvgIpc) is 3.04. The van der Waals surface area contributed by atoms with Crippen LogP contribution < -0.4 is 5.32 Å². The molecule has 2 aliphatic rings. The van der Waals surface area contributed by atoms with Crippen LogP contribution in [0.2, 0.25) is 5.15 Å². The second kappa shape index (κ2) is 4.68. The second-order valence-corrected chi connectivity index (χ2v) is 5.85. The summed E-state index contributed by atoms with van der Waals surface area (Å²) in [7, 11) is 1.33. The van der Waals surface area contributed by atoms with E-state index in [1.165, 1.54) is 18.4 Å². The van der Waals surface area contributed by atoms with Gasteiger partial charge in [0.15, 0.2) is 15.2 Å². The van der Waals surface area contributed by atoms with E-state index in [1.807, 2.05) is 0 Å². The van der Waals surface area contributed by atoms with Crippen molar-refractivity contribution in [2.75, 3.05) is 12.4 Å². The number of fused-ring (bicyclic) bond motifs is 2. The molecule has 3 atom stereocenters. The van der Waals surface area contributed by atoms with E-state index in [0.717, 1.165) is 19.3 Å². The van der Waals surface area contributed by atoms with Gasteiger partial charge in [0.1, 0.15) is 0 Å². The molecule has 1 aromatic rings. The molecule has 2 fully saturated rings. The summed E-state index contributed by atoms with van der Waals surface area (Å²) in [6.07, 6.45) is 3.87. The van der Waals surface area contributed by atoms with Gasteiger partial charge in [-0.1, -0.05) is 22.9 Å². The van der Waals surface area contributed by atoms with Crippen molar-refractivity contribution < 1.29 is 14.3 Å². The first-order chi connectivity index (χ1) is 8.67. The summed E-state index contributed by atoms with van der Waals surface area (Å²) in [4.78, 5) is 15.9. The van der Waals surface area contributed by atoms with Crippen molar-refractivity contribution in [3.8, 4) is 0 Å². The van der Waals surface area contributed by atoms with Gasteiger partial charge >= 0.3 is 5.97 Å². The Morgan fingerprint density at radius 3 is 3.06 bits per heavy atom. The summed E-state index contributed by atoms with van der Waals surface area (Å²) < 4.78 is 10.4. The van der Waals surface area contributed by atoms with Crippen LogP contribution >= 0.6 is 22.9 Å². The largest absolute Gasteiger partial charge is 0.465 e. The lowest BCUT2D eigenvalue weighted by Gasteiger charge is -2.19. The Hall–Kier alpha value is -0.850. The van der Waals surface area contributed by atoms with Gasteiger partial charge in [0.2, 0.25) is 0 Å². The van der Waals surface area contributed by atoms with Crippen LogP contribution in [0.25, 0.3) is 0 Å². The summed E-state index contributed by atoms with van der Waals surface area (Å²) in [5.41, 5.74) is 0. The summed E-state index contributed by atoms with van der Waals surface area (Å²) in [5, 5.41) is 4.15. The van der Waals surface area contributed by atoms with Crippen molar-refractivity contribution in [1.29, 1.82) is 0 Å². The lowest BCUT2D eigenvalue weighted by molar-refractivity contribution is 0.0606. The van der Waals surface area contributed by atoms with E-state index in [1.54, 1.807) is 0 Å². The number of nitrogens with zero attached hydrogens (tertiary/aromatic N) is 1. The zero-order chi connectivity index (χ0) is 12.7. The van der Waals surface area contributed by atoms with Gasteiger partial charge in [0.05, 0.1) is 25.4 Å². The fraction of sp³-hybridized carbons (Fsp3) is 0.636. The standard InChI is InChI=1S/C11H13ClN2O3S/c1-16-10(15)8-9(12)14-11(18-8)13-6-4-5-2-3-7(6)17-5/h5-7H,2-4H2,1H3,(H,13,14). The fourth-order valence-corrected chi connectivity index (χ4v) is 3.69. The van der Waals surface area contributed by atoms with Gasteiger partial charge in [0, 0.05) is 0 Å². The summed E-state index contributed by atoms with van der Waals surface area (Å²) in [6.45, 7) is 0. The Balaban J connectivity index is 1.72. The Kier molecular flexibility index (Phi) is 3.17. The molecule has 1 N–H and O–H groups in total. The van der Waals surface area contributed by atoms with Gasteiger partial charge in [-0.2, -0.15) is 0 Å². The smallest absolute Gasteiger partial charge is 0.351 e. The molecular formula is C11H13ClN2O3S. The highest BCUT2D eigenvalue weighted by Gasteiger charge is 2.41. The lowest BCUT2D eigenvalue weighted by atomic mass is 9.96. The number of hydrogen-bond donors (Lipinski definition) is 1. The third kappa shape index (κ3) is 2.08. The molecule has 0 aromatic carbocycles. The van der Waals surface area contributed by atoms with E-state index in [0.29, 0.717) is 16.1 Å². The van der Waals surface area contributed by atoms with E-state index in [-0.39, 0.29) is 17.3 Å². The molecule has 2 saturated heterocycles. The number of anilines is 1. The van der Waals surface area contributed by atoms with Crippen LogP contribution in [0.5, 0.6) is 0 Å². The molecule has 5 nitrogen and oxygen atoms in total. The molecule has 7 heteroatoms. The minimum Gasteiger partial charge on any atom is -0.465 e. The number of carbonyl (C=O) groups excluding carboxylic acids is 1. The lowest BCUT2D eigenvalue weighted by Crippen LogP contribution is -2.30. The van der Waals surface area contributed by atoms with Gasteiger partial charge in [-0.3, -0.25) is 0 Å². The molecule has 0 spiro atoms. The number of nitrogens with one attached hydrogen (secondary N) is 1. The quantitative estimate of drug-likeness (QED) is 0.865. The maximum atomic E-state index is 11.4. The van der Waals surface area contributed by atoms with E-state index in [4.69, 9.17) is 16.3 Å². The molecule has 0 amide bonds. The molecule has 98 valence electrons. The molecule has 3 rings (SSSR count). The molecule has 1 aromatic heterocycles. The minimum absolute atomic E-state index is 0.193. The highest BCUT2D eigenvalue weighted by molar-refractivity contribution is 7.18. The van der Waals surface area contributed by atoms with E-state index in [2.05, 4.69) is 15.0 Å². The molecule has 0 radical (unpaired) electrons. The molecule has 0 aliphatic carbocycles. The van der Waals surface area contributed by atoms with Crippen LogP contribution in [0.1, 0.15) is 28.9 Å². The SMILES string of the molecule is COC(=O)c1sc(NC2CC3CCC2O3)nc1Cl.